The Kier molecular flexibility index (Phi) is 5.31. The van der Waals surface area contributed by atoms with Crippen LogP contribution in [0, 0.1) is 0 Å². The zero-order valence-electron chi connectivity index (χ0n) is 12.1. The lowest BCUT2D eigenvalue weighted by molar-refractivity contribution is 0.155. The monoisotopic (exact) mass is 363 g/mol. The van der Waals surface area contributed by atoms with Gasteiger partial charge < -0.3 is 30.0 Å². The molecule has 0 amide bonds. The Hall–Kier alpha value is -0.820. The van der Waals surface area contributed by atoms with Crippen LogP contribution in [0.15, 0.2) is 30.3 Å². The first kappa shape index (κ1) is 18.5. The third-order valence-electron chi connectivity index (χ3n) is 3.64. The maximum Gasteiger partial charge on any atom is 0.354 e. The van der Waals surface area contributed by atoms with E-state index in [0.717, 1.165) is 6.08 Å². The Labute approximate surface area is 133 Å². The standard InChI is InChI=1S/C13H19NO7P2/c14-12(15)6-3-9-21-23(19,20)13(22(16,17)18)8-7-10-4-1-2-5-11(10)13/h1-2,4-5,7-8,12,15H,3,6,9,14H2,(H,19,20)(H2,16,17,18). The molecule has 1 aromatic carbocycles. The van der Waals surface area contributed by atoms with Crippen molar-refractivity contribution in [2.24, 2.45) is 5.73 Å². The van der Waals surface area contributed by atoms with Crippen LogP contribution in [0.2, 0.25) is 0 Å². The molecule has 1 aliphatic rings. The summed E-state index contributed by atoms with van der Waals surface area (Å²) in [6.45, 7) is -0.264. The largest absolute Gasteiger partial charge is 0.379 e. The van der Waals surface area contributed by atoms with E-state index in [1.54, 1.807) is 12.1 Å². The second-order valence-electron chi connectivity index (χ2n) is 5.25. The van der Waals surface area contributed by atoms with Gasteiger partial charge in [0.25, 0.3) is 0 Å². The summed E-state index contributed by atoms with van der Waals surface area (Å²) < 4.78 is 29.7. The molecule has 1 aliphatic carbocycles. The predicted octanol–water partition coefficient (Wildman–Crippen LogP) is 1.30. The number of hydrogen-bond acceptors (Lipinski definition) is 5. The number of rotatable bonds is 7. The van der Waals surface area contributed by atoms with Crippen molar-refractivity contribution in [3.8, 4) is 0 Å². The number of benzene rings is 1. The van der Waals surface area contributed by atoms with E-state index < -0.39 is 26.3 Å². The van der Waals surface area contributed by atoms with Crippen molar-refractivity contribution in [2.75, 3.05) is 6.61 Å². The fourth-order valence-corrected chi connectivity index (χ4v) is 6.14. The maximum atomic E-state index is 12.7. The van der Waals surface area contributed by atoms with Gasteiger partial charge in [-0.2, -0.15) is 0 Å². The maximum absolute atomic E-state index is 12.7. The second kappa shape index (κ2) is 6.59. The molecule has 0 saturated heterocycles. The molecule has 2 rings (SSSR count). The molecule has 0 radical (unpaired) electrons. The Morgan fingerprint density at radius 3 is 2.48 bits per heavy atom. The predicted molar refractivity (Wildman–Crippen MR) is 84.4 cm³/mol. The van der Waals surface area contributed by atoms with Crippen LogP contribution in [-0.4, -0.2) is 32.6 Å². The lowest BCUT2D eigenvalue weighted by atomic mass is 10.1. The molecular weight excluding hydrogens is 344 g/mol. The minimum atomic E-state index is -5.06. The molecule has 0 heterocycles. The van der Waals surface area contributed by atoms with Gasteiger partial charge in [-0.15, -0.1) is 0 Å². The topological polar surface area (TPSA) is 150 Å². The molecule has 0 fully saturated rings. The highest BCUT2D eigenvalue weighted by atomic mass is 31.2. The van der Waals surface area contributed by atoms with E-state index in [2.05, 4.69) is 0 Å². The number of aliphatic hydroxyl groups excluding tert-OH is 1. The van der Waals surface area contributed by atoms with Gasteiger partial charge >= 0.3 is 15.2 Å². The normalized spacial score (nSPS) is 24.2. The first-order chi connectivity index (χ1) is 10.6. The van der Waals surface area contributed by atoms with E-state index in [1.165, 1.54) is 18.2 Å². The van der Waals surface area contributed by atoms with Crippen LogP contribution in [-0.2, 0) is 18.6 Å². The van der Waals surface area contributed by atoms with Crippen LogP contribution < -0.4 is 5.73 Å². The summed E-state index contributed by atoms with van der Waals surface area (Å²) >= 11 is 0. The number of fused-ring (bicyclic) bond motifs is 1. The Morgan fingerprint density at radius 1 is 1.22 bits per heavy atom. The molecule has 23 heavy (non-hydrogen) atoms. The van der Waals surface area contributed by atoms with E-state index >= 15 is 0 Å². The van der Waals surface area contributed by atoms with Crippen LogP contribution in [0.5, 0.6) is 0 Å². The van der Waals surface area contributed by atoms with E-state index in [4.69, 9.17) is 15.4 Å². The van der Waals surface area contributed by atoms with Crippen molar-refractivity contribution in [3.05, 3.63) is 41.5 Å². The molecule has 8 nitrogen and oxygen atoms in total. The fourth-order valence-electron chi connectivity index (χ4n) is 2.52. The van der Waals surface area contributed by atoms with Gasteiger partial charge in [0, 0.05) is 0 Å². The van der Waals surface area contributed by atoms with Crippen LogP contribution in [0.4, 0.5) is 0 Å². The Balaban J connectivity index is 2.36. The van der Waals surface area contributed by atoms with Crippen molar-refractivity contribution in [1.82, 2.24) is 0 Å². The van der Waals surface area contributed by atoms with Gasteiger partial charge in [0.1, 0.15) is 6.23 Å². The number of aliphatic hydroxyl groups is 1. The first-order valence-electron chi connectivity index (χ1n) is 6.87. The summed E-state index contributed by atoms with van der Waals surface area (Å²) in [7, 11) is -9.82. The van der Waals surface area contributed by atoms with Gasteiger partial charge in [0.2, 0.25) is 4.90 Å². The highest BCUT2D eigenvalue weighted by molar-refractivity contribution is 7.72. The van der Waals surface area contributed by atoms with E-state index in [-0.39, 0.29) is 25.0 Å². The van der Waals surface area contributed by atoms with Crippen molar-refractivity contribution < 1.29 is 33.4 Å². The Morgan fingerprint density at radius 2 is 1.87 bits per heavy atom. The molecule has 0 aliphatic heterocycles. The average Bonchev–Trinajstić information content (AvgIpc) is 2.84. The lowest BCUT2D eigenvalue weighted by Crippen LogP contribution is -2.24. The molecule has 10 heteroatoms. The Bertz CT molecular complexity index is 699. The highest BCUT2D eigenvalue weighted by Crippen LogP contribution is 2.79. The summed E-state index contributed by atoms with van der Waals surface area (Å²) in [6, 6.07) is 6.17. The molecular formula is C13H19NO7P2. The number of hydrogen-bond donors (Lipinski definition) is 5. The third kappa shape index (κ3) is 3.36. The van der Waals surface area contributed by atoms with E-state index in [9.17, 15) is 23.8 Å². The summed E-state index contributed by atoms with van der Waals surface area (Å²) in [6.07, 6.45) is 1.65. The van der Waals surface area contributed by atoms with Crippen LogP contribution in [0.3, 0.4) is 0 Å². The van der Waals surface area contributed by atoms with Crippen molar-refractivity contribution in [3.63, 3.8) is 0 Å². The number of nitrogens with two attached hydrogens (primary N) is 1. The molecule has 3 unspecified atom stereocenters. The van der Waals surface area contributed by atoms with Gasteiger partial charge in [-0.3, -0.25) is 9.13 Å². The molecule has 0 aromatic heterocycles. The van der Waals surface area contributed by atoms with E-state index in [0.29, 0.717) is 5.56 Å². The fraction of sp³-hybridized carbons (Fsp3) is 0.385. The minimum Gasteiger partial charge on any atom is -0.379 e. The smallest absolute Gasteiger partial charge is 0.354 e. The van der Waals surface area contributed by atoms with Crippen LogP contribution in [0.25, 0.3) is 6.08 Å². The first-order valence-corrected chi connectivity index (χ1v) is 10.1. The zero-order valence-corrected chi connectivity index (χ0v) is 13.9. The van der Waals surface area contributed by atoms with Gasteiger partial charge in [-0.1, -0.05) is 30.3 Å². The SMILES string of the molecule is NC(O)CCCOP(=O)(O)C1(P(=O)(O)O)C=Cc2ccccc21. The average molecular weight is 363 g/mol. The highest BCUT2D eigenvalue weighted by Gasteiger charge is 2.63. The van der Waals surface area contributed by atoms with Crippen molar-refractivity contribution >= 4 is 21.3 Å². The third-order valence-corrected chi connectivity index (χ3v) is 8.24. The van der Waals surface area contributed by atoms with Crippen LogP contribution >= 0.6 is 15.2 Å². The van der Waals surface area contributed by atoms with Gasteiger partial charge in [0.15, 0.2) is 0 Å². The summed E-state index contributed by atoms with van der Waals surface area (Å²) in [5, 5.41) is 8.96. The molecule has 6 N–H and O–H groups in total. The van der Waals surface area contributed by atoms with Gasteiger partial charge in [-0.05, 0) is 30.0 Å². The molecule has 0 bridgehead atoms. The molecule has 3 atom stereocenters. The molecule has 1 aromatic rings. The zero-order chi connectivity index (χ0) is 17.3. The van der Waals surface area contributed by atoms with Crippen LogP contribution in [0.1, 0.15) is 24.0 Å². The van der Waals surface area contributed by atoms with Gasteiger partial charge in [0.05, 0.1) is 6.61 Å². The lowest BCUT2D eigenvalue weighted by Gasteiger charge is -2.33. The molecule has 128 valence electrons. The molecule has 0 spiro atoms. The molecule has 0 saturated carbocycles. The van der Waals surface area contributed by atoms with Crippen molar-refractivity contribution in [2.45, 2.75) is 24.0 Å². The van der Waals surface area contributed by atoms with E-state index in [1.807, 2.05) is 0 Å². The van der Waals surface area contributed by atoms with Crippen molar-refractivity contribution in [1.29, 1.82) is 0 Å². The summed E-state index contributed by atoms with van der Waals surface area (Å²) in [5.41, 5.74) is 5.66. The van der Waals surface area contributed by atoms with Gasteiger partial charge in [-0.25, -0.2) is 0 Å². The quantitative estimate of drug-likeness (QED) is 0.276. The number of allylic oxidation sites excluding steroid dienone is 1. The summed E-state index contributed by atoms with van der Waals surface area (Å²) in [4.78, 5) is 27.5. The second-order valence-corrected chi connectivity index (χ2v) is 9.40. The minimum absolute atomic E-state index is 0.0537. The summed E-state index contributed by atoms with van der Waals surface area (Å²) in [5.74, 6) is 0.